The molecule has 0 saturated heterocycles. The van der Waals surface area contributed by atoms with Crippen LogP contribution in [-0.2, 0) is 19.6 Å². The molecule has 6 heteroatoms. The average Bonchev–Trinajstić information content (AvgIpc) is 2.73. The second kappa shape index (κ2) is 11.3. The lowest BCUT2D eigenvalue weighted by Crippen LogP contribution is -2.17. The van der Waals surface area contributed by atoms with Crippen molar-refractivity contribution in [3.05, 3.63) is 92.7 Å². The summed E-state index contributed by atoms with van der Waals surface area (Å²) >= 11 is 9.54. The first kappa shape index (κ1) is 22.6. The van der Waals surface area contributed by atoms with E-state index in [0.29, 0.717) is 54.8 Å². The summed E-state index contributed by atoms with van der Waals surface area (Å²) in [6.45, 7) is 4.21. The third-order valence-corrected chi connectivity index (χ3v) is 5.36. The molecule has 0 bridgehead atoms. The quantitative estimate of drug-likeness (QED) is 0.325. The Kier molecular flexibility index (Phi) is 8.55. The lowest BCUT2D eigenvalue weighted by molar-refractivity contribution is 0.267. The van der Waals surface area contributed by atoms with Crippen molar-refractivity contribution in [2.45, 2.75) is 26.5 Å². The normalized spacial score (nSPS) is 10.8. The molecule has 3 nitrogen and oxygen atoms in total. The molecular weight excluding hydrogens is 469 g/mol. The van der Waals surface area contributed by atoms with Gasteiger partial charge in [0.25, 0.3) is 0 Å². The van der Waals surface area contributed by atoms with Gasteiger partial charge in [0.15, 0.2) is 11.5 Å². The van der Waals surface area contributed by atoms with Crippen LogP contribution in [0.2, 0.25) is 5.02 Å². The molecule has 0 aliphatic heterocycles. The number of benzene rings is 3. The zero-order chi connectivity index (χ0) is 21.3. The first-order chi connectivity index (χ1) is 14.6. The van der Waals surface area contributed by atoms with Crippen molar-refractivity contribution in [1.82, 2.24) is 5.32 Å². The van der Waals surface area contributed by atoms with Gasteiger partial charge in [-0.2, -0.15) is 0 Å². The van der Waals surface area contributed by atoms with Gasteiger partial charge in [0, 0.05) is 11.6 Å². The van der Waals surface area contributed by atoms with Gasteiger partial charge in [0.1, 0.15) is 12.4 Å². The molecular formula is C24H24BrClFNO2. The van der Waals surface area contributed by atoms with E-state index in [4.69, 9.17) is 21.1 Å². The summed E-state index contributed by atoms with van der Waals surface area (Å²) in [5, 5.41) is 4.06. The molecule has 0 aromatic heterocycles. The molecule has 1 N–H and O–H groups in total. The van der Waals surface area contributed by atoms with E-state index in [2.05, 4.69) is 21.2 Å². The van der Waals surface area contributed by atoms with Crippen molar-refractivity contribution in [2.75, 3.05) is 13.2 Å². The number of hydrogen-bond acceptors (Lipinski definition) is 3. The summed E-state index contributed by atoms with van der Waals surface area (Å²) in [6.07, 6.45) is 0.633. The van der Waals surface area contributed by atoms with Crippen molar-refractivity contribution in [3.63, 3.8) is 0 Å². The van der Waals surface area contributed by atoms with Gasteiger partial charge in [-0.05, 0) is 82.8 Å². The maximum Gasteiger partial charge on any atom is 0.175 e. The van der Waals surface area contributed by atoms with E-state index in [1.54, 1.807) is 6.07 Å². The Labute approximate surface area is 190 Å². The fourth-order valence-corrected chi connectivity index (χ4v) is 3.75. The molecule has 0 aliphatic carbocycles. The number of hydrogen-bond donors (Lipinski definition) is 1. The topological polar surface area (TPSA) is 30.5 Å². The number of ether oxygens (including phenoxy) is 2. The minimum Gasteiger partial charge on any atom is -0.490 e. The van der Waals surface area contributed by atoms with Crippen LogP contribution in [-0.4, -0.2) is 13.2 Å². The molecule has 158 valence electrons. The minimum absolute atomic E-state index is 0.164. The lowest BCUT2D eigenvalue weighted by atomic mass is 10.1. The monoisotopic (exact) mass is 491 g/mol. The van der Waals surface area contributed by atoms with Crippen LogP contribution in [0.25, 0.3) is 0 Å². The van der Waals surface area contributed by atoms with Crippen LogP contribution in [0.15, 0.2) is 65.1 Å². The summed E-state index contributed by atoms with van der Waals surface area (Å²) < 4.78 is 26.4. The number of nitrogens with one attached hydrogen (secondary N) is 1. The molecule has 0 spiro atoms. The Morgan fingerprint density at radius 2 is 1.77 bits per heavy atom. The van der Waals surface area contributed by atoms with Crippen molar-refractivity contribution in [3.8, 4) is 11.5 Å². The molecule has 0 unspecified atom stereocenters. The molecule has 30 heavy (non-hydrogen) atoms. The third-order valence-electron chi connectivity index (χ3n) is 4.52. The third kappa shape index (κ3) is 6.46. The Balaban J connectivity index is 1.61. The highest BCUT2D eigenvalue weighted by Gasteiger charge is 2.13. The van der Waals surface area contributed by atoms with Gasteiger partial charge in [-0.25, -0.2) is 4.39 Å². The summed E-state index contributed by atoms with van der Waals surface area (Å²) in [7, 11) is 0. The standard InChI is InChI=1S/C24H24BrClFNO2/c1-2-29-23-14-18(15-28-12-11-19-5-3-4-6-22(19)27)13-21(25)24(23)30-16-17-7-9-20(26)10-8-17/h3-10,13-14,28H,2,11-12,15-16H2,1H3. The van der Waals surface area contributed by atoms with E-state index in [9.17, 15) is 4.39 Å². The molecule has 0 amide bonds. The van der Waals surface area contributed by atoms with Crippen LogP contribution >= 0.6 is 27.5 Å². The molecule has 3 aromatic rings. The largest absolute Gasteiger partial charge is 0.490 e. The van der Waals surface area contributed by atoms with Gasteiger partial charge < -0.3 is 14.8 Å². The summed E-state index contributed by atoms with van der Waals surface area (Å²) in [4.78, 5) is 0. The molecule has 0 heterocycles. The molecule has 0 radical (unpaired) electrons. The summed E-state index contributed by atoms with van der Waals surface area (Å²) in [5.74, 6) is 1.19. The molecule has 0 atom stereocenters. The van der Waals surface area contributed by atoms with E-state index in [0.717, 1.165) is 15.6 Å². The van der Waals surface area contributed by atoms with Gasteiger partial charge in [0.2, 0.25) is 0 Å². The van der Waals surface area contributed by atoms with Gasteiger partial charge in [-0.3, -0.25) is 0 Å². The first-order valence-electron chi connectivity index (χ1n) is 9.83. The SMILES string of the molecule is CCOc1cc(CNCCc2ccccc2F)cc(Br)c1OCc1ccc(Cl)cc1. The van der Waals surface area contributed by atoms with E-state index in [1.807, 2.05) is 55.5 Å². The molecule has 0 fully saturated rings. The molecule has 0 aliphatic rings. The van der Waals surface area contributed by atoms with Gasteiger partial charge >= 0.3 is 0 Å². The predicted molar refractivity (Wildman–Crippen MR) is 123 cm³/mol. The Hall–Kier alpha value is -2.08. The minimum atomic E-state index is -0.164. The highest BCUT2D eigenvalue weighted by Crippen LogP contribution is 2.37. The van der Waals surface area contributed by atoms with Crippen LogP contribution in [0.4, 0.5) is 4.39 Å². The van der Waals surface area contributed by atoms with Crippen LogP contribution < -0.4 is 14.8 Å². The van der Waals surface area contributed by atoms with Crippen LogP contribution in [0.1, 0.15) is 23.6 Å². The van der Waals surface area contributed by atoms with Crippen LogP contribution in [0.3, 0.4) is 0 Å². The van der Waals surface area contributed by atoms with Crippen LogP contribution in [0.5, 0.6) is 11.5 Å². The molecule has 0 saturated carbocycles. The van der Waals surface area contributed by atoms with Crippen molar-refractivity contribution in [2.24, 2.45) is 0 Å². The Bertz CT molecular complexity index is 966. The van der Waals surface area contributed by atoms with Gasteiger partial charge in [0.05, 0.1) is 11.1 Å². The second-order valence-electron chi connectivity index (χ2n) is 6.77. The van der Waals surface area contributed by atoms with Crippen LogP contribution in [0, 0.1) is 5.82 Å². The second-order valence-corrected chi connectivity index (χ2v) is 8.06. The zero-order valence-corrected chi connectivity index (χ0v) is 19.1. The fourth-order valence-electron chi connectivity index (χ4n) is 3.02. The maximum atomic E-state index is 13.7. The molecule has 3 rings (SSSR count). The summed E-state index contributed by atoms with van der Waals surface area (Å²) in [5.41, 5.74) is 2.79. The summed E-state index contributed by atoms with van der Waals surface area (Å²) in [6, 6.07) is 18.4. The van der Waals surface area contributed by atoms with Crippen molar-refractivity contribution in [1.29, 1.82) is 0 Å². The number of rotatable bonds is 10. The van der Waals surface area contributed by atoms with Gasteiger partial charge in [-0.1, -0.05) is 41.9 Å². The lowest BCUT2D eigenvalue weighted by Gasteiger charge is -2.16. The number of halogens is 3. The van der Waals surface area contributed by atoms with E-state index in [-0.39, 0.29) is 5.82 Å². The van der Waals surface area contributed by atoms with E-state index in [1.165, 1.54) is 6.07 Å². The highest BCUT2D eigenvalue weighted by molar-refractivity contribution is 9.10. The average molecular weight is 493 g/mol. The zero-order valence-electron chi connectivity index (χ0n) is 16.8. The van der Waals surface area contributed by atoms with Crippen molar-refractivity contribution < 1.29 is 13.9 Å². The smallest absolute Gasteiger partial charge is 0.175 e. The fraction of sp³-hybridized carbons (Fsp3) is 0.250. The van der Waals surface area contributed by atoms with E-state index < -0.39 is 0 Å². The van der Waals surface area contributed by atoms with Gasteiger partial charge in [-0.15, -0.1) is 0 Å². The maximum absolute atomic E-state index is 13.7. The molecule has 3 aromatic carbocycles. The highest BCUT2D eigenvalue weighted by atomic mass is 79.9. The first-order valence-corrected chi connectivity index (χ1v) is 11.0. The predicted octanol–water partition coefficient (Wildman–Crippen LogP) is 6.55. The van der Waals surface area contributed by atoms with Crippen molar-refractivity contribution >= 4 is 27.5 Å². The van der Waals surface area contributed by atoms with E-state index >= 15 is 0 Å². The Morgan fingerprint density at radius 1 is 1.00 bits per heavy atom. The Morgan fingerprint density at radius 3 is 2.50 bits per heavy atom.